The summed E-state index contributed by atoms with van der Waals surface area (Å²) in [6.07, 6.45) is 0. The quantitative estimate of drug-likeness (QED) is 0.668. The second-order valence-electron chi connectivity index (χ2n) is 5.22. The molecule has 0 aliphatic carbocycles. The molecule has 0 bridgehead atoms. The van der Waals surface area contributed by atoms with E-state index in [-0.39, 0.29) is 5.91 Å². The first-order valence-corrected chi connectivity index (χ1v) is 6.22. The topological polar surface area (TPSA) is 55.4 Å². The molecule has 0 heterocycles. The Bertz CT molecular complexity index is 492. The van der Waals surface area contributed by atoms with Gasteiger partial charge in [-0.15, -0.1) is 0 Å². The molecule has 0 saturated heterocycles. The van der Waals surface area contributed by atoms with Gasteiger partial charge in [-0.2, -0.15) is 0 Å². The van der Waals surface area contributed by atoms with Crippen molar-refractivity contribution in [1.29, 1.82) is 0 Å². The van der Waals surface area contributed by atoms with Crippen LogP contribution in [0.1, 0.15) is 30.5 Å². The van der Waals surface area contributed by atoms with Crippen LogP contribution in [0.25, 0.3) is 0 Å². The van der Waals surface area contributed by atoms with Crippen LogP contribution in [0.4, 0.5) is 0 Å². The summed E-state index contributed by atoms with van der Waals surface area (Å²) in [6, 6.07) is 6.01. The van der Waals surface area contributed by atoms with Gasteiger partial charge in [-0.05, 0) is 44.4 Å². The second kappa shape index (κ2) is 5.87. The largest absolute Gasteiger partial charge is 0.468 e. The number of carbonyl (C=O) groups is 2. The highest BCUT2D eigenvalue weighted by Crippen LogP contribution is 2.17. The maximum atomic E-state index is 12.0. The third kappa shape index (κ3) is 3.56. The zero-order chi connectivity index (χ0) is 14.6. The second-order valence-corrected chi connectivity index (χ2v) is 5.22. The highest BCUT2D eigenvalue weighted by molar-refractivity contribution is 6.01. The Kier molecular flexibility index (Phi) is 4.70. The van der Waals surface area contributed by atoms with E-state index in [1.807, 2.05) is 32.0 Å². The number of esters is 1. The zero-order valence-electron chi connectivity index (χ0n) is 12.2. The van der Waals surface area contributed by atoms with E-state index in [1.165, 1.54) is 18.2 Å². The van der Waals surface area contributed by atoms with Crippen molar-refractivity contribution in [2.24, 2.45) is 5.41 Å². The summed E-state index contributed by atoms with van der Waals surface area (Å²) in [5.41, 5.74) is 2.23. The normalized spacial score (nSPS) is 11.0. The average molecular weight is 263 g/mol. The molecular formula is C15H21NO3. The number of hydrogen-bond acceptors (Lipinski definition) is 3. The molecule has 1 aromatic carbocycles. The fourth-order valence-electron chi connectivity index (χ4n) is 1.66. The fraction of sp³-hybridized carbons (Fsp3) is 0.467. The molecule has 1 N–H and O–H groups in total. The van der Waals surface area contributed by atoms with Crippen molar-refractivity contribution in [2.75, 3.05) is 7.11 Å². The number of carbonyl (C=O) groups excluding carboxylic acids is 2. The van der Waals surface area contributed by atoms with Crippen LogP contribution < -0.4 is 5.32 Å². The smallest absolute Gasteiger partial charge is 0.320 e. The minimum Gasteiger partial charge on any atom is -0.468 e. The third-order valence-electron chi connectivity index (χ3n) is 3.29. The molecule has 0 fully saturated rings. The zero-order valence-corrected chi connectivity index (χ0v) is 12.2. The van der Waals surface area contributed by atoms with Crippen molar-refractivity contribution in [3.05, 3.63) is 34.9 Å². The predicted octanol–water partition coefficient (Wildman–Crippen LogP) is 2.12. The lowest BCUT2D eigenvalue weighted by Crippen LogP contribution is -2.42. The van der Waals surface area contributed by atoms with Crippen LogP contribution in [0.15, 0.2) is 18.2 Å². The number of methoxy groups -OCH3 is 1. The lowest BCUT2D eigenvalue weighted by atomic mass is 9.92. The Morgan fingerprint density at radius 3 is 2.37 bits per heavy atom. The Morgan fingerprint density at radius 2 is 1.84 bits per heavy atom. The average Bonchev–Trinajstić information content (AvgIpc) is 2.38. The molecule has 4 nitrogen and oxygen atoms in total. The summed E-state index contributed by atoms with van der Waals surface area (Å²) < 4.78 is 4.62. The summed E-state index contributed by atoms with van der Waals surface area (Å²) in [7, 11) is 1.28. The van der Waals surface area contributed by atoms with Crippen molar-refractivity contribution in [2.45, 2.75) is 34.2 Å². The van der Waals surface area contributed by atoms with Crippen LogP contribution in [0.2, 0.25) is 0 Å². The van der Waals surface area contributed by atoms with Crippen LogP contribution in [-0.4, -0.2) is 19.0 Å². The molecule has 0 unspecified atom stereocenters. The first-order valence-electron chi connectivity index (χ1n) is 6.22. The molecule has 1 aromatic rings. The van der Waals surface area contributed by atoms with E-state index < -0.39 is 11.4 Å². The maximum Gasteiger partial charge on any atom is 0.320 e. The maximum absolute atomic E-state index is 12.0. The third-order valence-corrected chi connectivity index (χ3v) is 3.29. The molecule has 0 aliphatic heterocycles. The first-order chi connectivity index (χ1) is 8.78. The van der Waals surface area contributed by atoms with E-state index >= 15 is 0 Å². The van der Waals surface area contributed by atoms with E-state index in [2.05, 4.69) is 10.1 Å². The Hall–Kier alpha value is -1.84. The first kappa shape index (κ1) is 15.2. The Morgan fingerprint density at radius 1 is 1.21 bits per heavy atom. The van der Waals surface area contributed by atoms with Gasteiger partial charge in [-0.25, -0.2) is 0 Å². The van der Waals surface area contributed by atoms with Gasteiger partial charge in [0.2, 0.25) is 5.91 Å². The standard InChI is InChI=1S/C15H21NO3/c1-10-6-7-12(8-11(10)2)9-16-13(17)15(3,4)14(18)19-5/h6-8H,9H2,1-5H3,(H,16,17). The van der Waals surface area contributed by atoms with E-state index in [0.29, 0.717) is 6.54 Å². The van der Waals surface area contributed by atoms with Gasteiger partial charge in [0.05, 0.1) is 7.11 Å². The number of ether oxygens (including phenoxy) is 1. The molecule has 104 valence electrons. The molecule has 0 aliphatic rings. The van der Waals surface area contributed by atoms with Crippen LogP contribution in [0, 0.1) is 19.3 Å². The molecule has 0 saturated carbocycles. The van der Waals surface area contributed by atoms with Gasteiger partial charge in [0.25, 0.3) is 0 Å². The van der Waals surface area contributed by atoms with Gasteiger partial charge in [0.1, 0.15) is 5.41 Å². The van der Waals surface area contributed by atoms with Gasteiger partial charge in [0, 0.05) is 6.54 Å². The van der Waals surface area contributed by atoms with Gasteiger partial charge >= 0.3 is 5.97 Å². The molecule has 0 spiro atoms. The molecule has 1 rings (SSSR count). The van der Waals surface area contributed by atoms with E-state index in [4.69, 9.17) is 0 Å². The highest BCUT2D eigenvalue weighted by Gasteiger charge is 2.36. The molecule has 0 aromatic heterocycles. The fourth-order valence-corrected chi connectivity index (χ4v) is 1.66. The van der Waals surface area contributed by atoms with Crippen molar-refractivity contribution in [3.63, 3.8) is 0 Å². The molecule has 0 atom stereocenters. The minimum absolute atomic E-state index is 0.336. The van der Waals surface area contributed by atoms with Gasteiger partial charge in [-0.1, -0.05) is 18.2 Å². The Balaban J connectivity index is 2.68. The molecular weight excluding hydrogens is 242 g/mol. The Labute approximate surface area is 114 Å². The molecule has 1 amide bonds. The van der Waals surface area contributed by atoms with E-state index in [9.17, 15) is 9.59 Å². The predicted molar refractivity (Wildman–Crippen MR) is 73.6 cm³/mol. The minimum atomic E-state index is -1.17. The number of hydrogen-bond donors (Lipinski definition) is 1. The van der Waals surface area contributed by atoms with E-state index in [0.717, 1.165) is 5.56 Å². The molecule has 4 heteroatoms. The summed E-state index contributed by atoms with van der Waals surface area (Å²) in [6.45, 7) is 7.57. The van der Waals surface area contributed by atoms with Crippen molar-refractivity contribution in [3.8, 4) is 0 Å². The van der Waals surface area contributed by atoms with Gasteiger partial charge < -0.3 is 10.1 Å². The summed E-state index contributed by atoms with van der Waals surface area (Å²) >= 11 is 0. The number of aryl methyl sites for hydroxylation is 2. The van der Waals surface area contributed by atoms with Crippen LogP contribution in [0.5, 0.6) is 0 Å². The summed E-state index contributed by atoms with van der Waals surface area (Å²) in [4.78, 5) is 23.5. The number of rotatable bonds is 4. The van der Waals surface area contributed by atoms with Gasteiger partial charge in [0.15, 0.2) is 0 Å². The number of amides is 1. The summed E-state index contributed by atoms with van der Waals surface area (Å²) in [5, 5.41) is 2.76. The van der Waals surface area contributed by atoms with Crippen LogP contribution in [-0.2, 0) is 20.9 Å². The van der Waals surface area contributed by atoms with Crippen molar-refractivity contribution in [1.82, 2.24) is 5.32 Å². The van der Waals surface area contributed by atoms with Crippen LogP contribution >= 0.6 is 0 Å². The monoisotopic (exact) mass is 263 g/mol. The molecule has 19 heavy (non-hydrogen) atoms. The summed E-state index contributed by atoms with van der Waals surface area (Å²) in [5.74, 6) is -0.873. The van der Waals surface area contributed by atoms with Crippen LogP contribution in [0.3, 0.4) is 0 Å². The highest BCUT2D eigenvalue weighted by atomic mass is 16.5. The van der Waals surface area contributed by atoms with E-state index in [1.54, 1.807) is 13.8 Å². The van der Waals surface area contributed by atoms with Gasteiger partial charge in [-0.3, -0.25) is 9.59 Å². The SMILES string of the molecule is COC(=O)C(C)(C)C(=O)NCc1ccc(C)c(C)c1. The number of nitrogens with one attached hydrogen (secondary N) is 1. The lowest BCUT2D eigenvalue weighted by molar-refractivity contribution is -0.156. The number of benzene rings is 1. The van der Waals surface area contributed by atoms with Crippen molar-refractivity contribution >= 4 is 11.9 Å². The van der Waals surface area contributed by atoms with Crippen molar-refractivity contribution < 1.29 is 14.3 Å². The molecule has 0 radical (unpaired) electrons. The lowest BCUT2D eigenvalue weighted by Gasteiger charge is -2.20.